The first-order valence-corrected chi connectivity index (χ1v) is 5.64. The quantitative estimate of drug-likeness (QED) is 0.814. The molecule has 5 heteroatoms. The van der Waals surface area contributed by atoms with Gasteiger partial charge in [0, 0.05) is 37.6 Å². The van der Waals surface area contributed by atoms with Crippen LogP contribution < -0.4 is 5.32 Å². The number of nitriles is 1. The number of rotatable bonds is 5. The minimum Gasteiger partial charge on any atom is -0.336 e. The molecule has 0 unspecified atom stereocenters. The SMILES string of the molecule is N#Cc1ccc(F)c(CNCCn2ccnc2)c1. The summed E-state index contributed by atoms with van der Waals surface area (Å²) >= 11 is 0. The fourth-order valence-electron chi connectivity index (χ4n) is 1.63. The summed E-state index contributed by atoms with van der Waals surface area (Å²) < 4.78 is 15.4. The number of halogens is 1. The summed E-state index contributed by atoms with van der Waals surface area (Å²) in [4.78, 5) is 3.94. The smallest absolute Gasteiger partial charge is 0.127 e. The predicted octanol–water partition coefficient (Wildman–Crippen LogP) is 1.68. The van der Waals surface area contributed by atoms with Crippen LogP contribution in [0.2, 0.25) is 0 Å². The minimum absolute atomic E-state index is 0.288. The van der Waals surface area contributed by atoms with Gasteiger partial charge in [0.05, 0.1) is 18.0 Å². The van der Waals surface area contributed by atoms with Gasteiger partial charge in [0.15, 0.2) is 0 Å². The Hall–Kier alpha value is -2.19. The van der Waals surface area contributed by atoms with E-state index in [2.05, 4.69) is 10.3 Å². The van der Waals surface area contributed by atoms with Crippen molar-refractivity contribution in [3.05, 3.63) is 53.9 Å². The number of nitrogens with one attached hydrogen (secondary N) is 1. The van der Waals surface area contributed by atoms with Gasteiger partial charge in [-0.25, -0.2) is 9.37 Å². The maximum absolute atomic E-state index is 13.4. The third kappa shape index (κ3) is 3.15. The van der Waals surface area contributed by atoms with Crippen LogP contribution in [0.15, 0.2) is 36.9 Å². The molecule has 0 atom stereocenters. The highest BCUT2D eigenvalue weighted by Gasteiger charge is 2.02. The molecule has 1 N–H and O–H groups in total. The molecule has 0 amide bonds. The standard InChI is InChI=1S/C13H13FN4/c14-13-2-1-11(8-15)7-12(13)9-16-3-5-18-6-4-17-10-18/h1-2,4,6-7,10,16H,3,5,9H2. The third-order valence-electron chi connectivity index (χ3n) is 2.60. The van der Waals surface area contributed by atoms with Gasteiger partial charge in [0.1, 0.15) is 5.82 Å². The molecule has 0 aliphatic rings. The molecule has 4 nitrogen and oxygen atoms in total. The Morgan fingerprint density at radius 1 is 1.44 bits per heavy atom. The van der Waals surface area contributed by atoms with E-state index in [1.807, 2.05) is 16.8 Å². The Labute approximate surface area is 105 Å². The van der Waals surface area contributed by atoms with Gasteiger partial charge in [0.2, 0.25) is 0 Å². The van der Waals surface area contributed by atoms with E-state index < -0.39 is 0 Å². The van der Waals surface area contributed by atoms with Gasteiger partial charge in [0.25, 0.3) is 0 Å². The summed E-state index contributed by atoms with van der Waals surface area (Å²) in [5.41, 5.74) is 0.988. The highest BCUT2D eigenvalue weighted by molar-refractivity contribution is 5.33. The van der Waals surface area contributed by atoms with Crippen molar-refractivity contribution in [2.75, 3.05) is 6.54 Å². The molecule has 0 radical (unpaired) electrons. The number of nitrogens with zero attached hydrogens (tertiary/aromatic N) is 3. The van der Waals surface area contributed by atoms with Gasteiger partial charge in [-0.05, 0) is 18.2 Å². The van der Waals surface area contributed by atoms with Crippen molar-refractivity contribution < 1.29 is 4.39 Å². The largest absolute Gasteiger partial charge is 0.336 e. The maximum Gasteiger partial charge on any atom is 0.127 e. The van der Waals surface area contributed by atoms with E-state index in [1.54, 1.807) is 18.6 Å². The highest BCUT2D eigenvalue weighted by atomic mass is 19.1. The van der Waals surface area contributed by atoms with Gasteiger partial charge >= 0.3 is 0 Å². The van der Waals surface area contributed by atoms with E-state index in [9.17, 15) is 4.39 Å². The highest BCUT2D eigenvalue weighted by Crippen LogP contribution is 2.09. The summed E-state index contributed by atoms with van der Waals surface area (Å²) in [5, 5.41) is 11.9. The Morgan fingerprint density at radius 2 is 2.33 bits per heavy atom. The van der Waals surface area contributed by atoms with Gasteiger partial charge in [-0.2, -0.15) is 5.26 Å². The van der Waals surface area contributed by atoms with Gasteiger partial charge in [-0.15, -0.1) is 0 Å². The van der Waals surface area contributed by atoms with E-state index in [0.29, 0.717) is 24.2 Å². The number of hydrogen-bond acceptors (Lipinski definition) is 3. The molecular weight excluding hydrogens is 231 g/mol. The molecule has 0 fully saturated rings. The van der Waals surface area contributed by atoms with Crippen LogP contribution in [0.1, 0.15) is 11.1 Å². The minimum atomic E-state index is -0.288. The Kier molecular flexibility index (Phi) is 4.05. The van der Waals surface area contributed by atoms with E-state index in [0.717, 1.165) is 6.54 Å². The van der Waals surface area contributed by atoms with E-state index in [-0.39, 0.29) is 5.82 Å². The second-order valence-electron chi connectivity index (χ2n) is 3.90. The predicted molar refractivity (Wildman–Crippen MR) is 65.0 cm³/mol. The van der Waals surface area contributed by atoms with Gasteiger partial charge in [-0.3, -0.25) is 0 Å². The first kappa shape index (κ1) is 12.3. The normalized spacial score (nSPS) is 10.2. The maximum atomic E-state index is 13.4. The molecule has 0 aliphatic carbocycles. The molecule has 1 aromatic heterocycles. The monoisotopic (exact) mass is 244 g/mol. The Morgan fingerprint density at radius 3 is 3.06 bits per heavy atom. The lowest BCUT2D eigenvalue weighted by Crippen LogP contribution is -2.19. The van der Waals surface area contributed by atoms with Crippen molar-refractivity contribution in [3.8, 4) is 6.07 Å². The van der Waals surface area contributed by atoms with E-state index in [4.69, 9.17) is 5.26 Å². The van der Waals surface area contributed by atoms with Crippen molar-refractivity contribution in [1.29, 1.82) is 5.26 Å². The Bertz CT molecular complexity index is 543. The lowest BCUT2D eigenvalue weighted by Gasteiger charge is -2.07. The first-order valence-electron chi connectivity index (χ1n) is 5.64. The summed E-state index contributed by atoms with van der Waals surface area (Å²) in [5.74, 6) is -0.288. The molecule has 0 spiro atoms. The van der Waals surface area contributed by atoms with Crippen molar-refractivity contribution in [3.63, 3.8) is 0 Å². The fraction of sp³-hybridized carbons (Fsp3) is 0.231. The number of imidazole rings is 1. The summed E-state index contributed by atoms with van der Waals surface area (Å²) in [6, 6.07) is 6.37. The lowest BCUT2D eigenvalue weighted by atomic mass is 10.1. The average molecular weight is 244 g/mol. The first-order chi connectivity index (χ1) is 8.79. The third-order valence-corrected chi connectivity index (χ3v) is 2.60. The molecule has 0 saturated heterocycles. The van der Waals surface area contributed by atoms with E-state index >= 15 is 0 Å². The molecule has 1 aromatic carbocycles. The van der Waals surface area contributed by atoms with Crippen LogP contribution >= 0.6 is 0 Å². The molecule has 92 valence electrons. The fourth-order valence-corrected chi connectivity index (χ4v) is 1.63. The zero-order chi connectivity index (χ0) is 12.8. The topological polar surface area (TPSA) is 53.6 Å². The molecule has 1 heterocycles. The Balaban J connectivity index is 1.85. The van der Waals surface area contributed by atoms with Gasteiger partial charge < -0.3 is 9.88 Å². The molecule has 2 aromatic rings. The van der Waals surface area contributed by atoms with Crippen LogP contribution in [0, 0.1) is 17.1 Å². The van der Waals surface area contributed by atoms with Crippen LogP contribution in [-0.2, 0) is 13.1 Å². The van der Waals surface area contributed by atoms with Crippen molar-refractivity contribution in [2.45, 2.75) is 13.1 Å². The van der Waals surface area contributed by atoms with Crippen LogP contribution in [0.4, 0.5) is 4.39 Å². The van der Waals surface area contributed by atoms with Crippen LogP contribution in [0.25, 0.3) is 0 Å². The molecule has 0 aliphatic heterocycles. The van der Waals surface area contributed by atoms with Crippen LogP contribution in [-0.4, -0.2) is 16.1 Å². The average Bonchev–Trinajstić information content (AvgIpc) is 2.89. The van der Waals surface area contributed by atoms with Crippen LogP contribution in [0.5, 0.6) is 0 Å². The summed E-state index contributed by atoms with van der Waals surface area (Å²) in [6.07, 6.45) is 5.33. The van der Waals surface area contributed by atoms with Crippen molar-refractivity contribution in [1.82, 2.24) is 14.9 Å². The van der Waals surface area contributed by atoms with Crippen LogP contribution in [0.3, 0.4) is 0 Å². The van der Waals surface area contributed by atoms with Crippen molar-refractivity contribution >= 4 is 0 Å². The van der Waals surface area contributed by atoms with Crippen molar-refractivity contribution in [2.24, 2.45) is 0 Å². The summed E-state index contributed by atoms with van der Waals surface area (Å²) in [7, 11) is 0. The number of hydrogen-bond donors (Lipinski definition) is 1. The second kappa shape index (κ2) is 5.94. The van der Waals surface area contributed by atoms with E-state index in [1.165, 1.54) is 12.1 Å². The number of aromatic nitrogens is 2. The lowest BCUT2D eigenvalue weighted by molar-refractivity contribution is 0.564. The molecule has 0 saturated carbocycles. The zero-order valence-electron chi connectivity index (χ0n) is 9.81. The van der Waals surface area contributed by atoms with Gasteiger partial charge in [-0.1, -0.05) is 0 Å². The molecular formula is C13H13FN4. The second-order valence-corrected chi connectivity index (χ2v) is 3.90. The zero-order valence-corrected chi connectivity index (χ0v) is 9.81. The summed E-state index contributed by atoms with van der Waals surface area (Å²) in [6.45, 7) is 1.90. The molecule has 18 heavy (non-hydrogen) atoms. The molecule has 2 rings (SSSR count). The number of benzene rings is 1. The molecule has 0 bridgehead atoms.